The number of carbonyl (C=O) groups is 2. The molecule has 0 heterocycles. The minimum absolute atomic E-state index is 0.250. The predicted molar refractivity (Wildman–Crippen MR) is 227 cm³/mol. The van der Waals surface area contributed by atoms with Crippen LogP contribution in [0.4, 0.5) is 0 Å². The minimum atomic E-state index is -0.250. The zero-order chi connectivity index (χ0) is 39.0. The third-order valence-corrected chi connectivity index (χ3v) is 10.4. The molecule has 0 aromatic carbocycles. The lowest BCUT2D eigenvalue weighted by molar-refractivity contribution is -0.128. The van der Waals surface area contributed by atoms with E-state index in [4.69, 9.17) is 9.90 Å². The van der Waals surface area contributed by atoms with Crippen molar-refractivity contribution in [2.75, 3.05) is 32.8 Å². The summed E-state index contributed by atoms with van der Waals surface area (Å²) in [4.78, 5) is 20.6. The van der Waals surface area contributed by atoms with Gasteiger partial charge in [0.1, 0.15) is 0 Å². The van der Waals surface area contributed by atoms with Crippen LogP contribution in [0.15, 0.2) is 0 Å². The highest BCUT2D eigenvalue weighted by molar-refractivity contribution is 5.36. The van der Waals surface area contributed by atoms with Gasteiger partial charge in [-0.1, -0.05) is 221 Å². The summed E-state index contributed by atoms with van der Waals surface area (Å²) >= 11 is 0. The summed E-state index contributed by atoms with van der Waals surface area (Å²) in [5.74, 6) is 1.84. The zero-order valence-electron chi connectivity index (χ0n) is 36.0. The molecule has 2 N–H and O–H groups in total. The summed E-state index contributed by atoms with van der Waals surface area (Å²) in [6.07, 6.45) is 44.3. The van der Waals surface area contributed by atoms with E-state index in [-0.39, 0.29) is 6.47 Å². The van der Waals surface area contributed by atoms with Crippen LogP contribution in [0, 0.1) is 11.8 Å². The van der Waals surface area contributed by atoms with Gasteiger partial charge in [-0.05, 0) is 44.2 Å². The molecule has 6 heteroatoms. The Morgan fingerprint density at radius 2 is 0.808 bits per heavy atom. The van der Waals surface area contributed by atoms with Gasteiger partial charge in [-0.3, -0.25) is 9.59 Å². The third-order valence-electron chi connectivity index (χ3n) is 10.4. The first-order valence-electron chi connectivity index (χ1n) is 22.9. The number of hydrogen-bond donors (Lipinski definition) is 2. The van der Waals surface area contributed by atoms with Crippen molar-refractivity contribution in [3.63, 3.8) is 0 Å². The van der Waals surface area contributed by atoms with Crippen LogP contribution in [0.2, 0.25) is 0 Å². The first-order valence-corrected chi connectivity index (χ1v) is 22.9. The second kappa shape index (κ2) is 52.0. The molecule has 0 atom stereocenters. The largest absolute Gasteiger partial charge is 0.483 e. The molecule has 0 fully saturated rings. The number of carboxylic acid groups (broad SMARTS) is 1. The molecule has 0 radical (unpaired) electrons. The topological polar surface area (TPSA) is 87.1 Å². The summed E-state index contributed by atoms with van der Waals surface area (Å²) in [6.45, 7) is 15.9. The van der Waals surface area contributed by atoms with Crippen LogP contribution >= 0.6 is 0 Å². The van der Waals surface area contributed by atoms with Gasteiger partial charge in [0.15, 0.2) is 0 Å². The van der Waals surface area contributed by atoms with E-state index in [0.29, 0.717) is 19.7 Å². The van der Waals surface area contributed by atoms with Gasteiger partial charge in [-0.15, -0.1) is 0 Å². The van der Waals surface area contributed by atoms with E-state index in [0.717, 1.165) is 24.8 Å². The molecular formula is C46H95NO5. The predicted octanol–water partition coefficient (Wildman–Crippen LogP) is 14.0. The van der Waals surface area contributed by atoms with E-state index in [2.05, 4.69) is 44.3 Å². The quantitative estimate of drug-likeness (QED) is 0.0480. The Bertz CT molecular complexity index is 616. The Labute approximate surface area is 326 Å². The van der Waals surface area contributed by atoms with Crippen LogP contribution in [0.1, 0.15) is 240 Å². The Morgan fingerprint density at radius 3 is 1.15 bits per heavy atom. The highest BCUT2D eigenvalue weighted by Crippen LogP contribution is 2.25. The molecule has 0 aromatic rings. The molecule has 0 aromatic heterocycles. The van der Waals surface area contributed by atoms with Gasteiger partial charge in [-0.2, -0.15) is 0 Å². The van der Waals surface area contributed by atoms with E-state index in [1.54, 1.807) is 0 Å². The molecule has 0 aliphatic rings. The monoisotopic (exact) mass is 742 g/mol. The van der Waals surface area contributed by atoms with Crippen molar-refractivity contribution in [2.24, 2.45) is 11.8 Å². The number of rotatable bonds is 40. The van der Waals surface area contributed by atoms with Gasteiger partial charge in [0.25, 0.3) is 12.9 Å². The van der Waals surface area contributed by atoms with Crippen LogP contribution in [0.3, 0.4) is 0 Å². The number of nitrogens with zero attached hydrogens (tertiary/aromatic N) is 1. The van der Waals surface area contributed by atoms with Gasteiger partial charge in [0.05, 0.1) is 13.2 Å². The van der Waals surface area contributed by atoms with Crippen LogP contribution < -0.4 is 0 Å². The second-order valence-corrected chi connectivity index (χ2v) is 15.9. The van der Waals surface area contributed by atoms with E-state index in [9.17, 15) is 9.90 Å². The fourth-order valence-corrected chi connectivity index (χ4v) is 7.07. The number of aliphatic hydroxyl groups excluding tert-OH is 1. The number of unbranched alkanes of at least 4 members (excludes halogenated alkanes) is 23. The standard InChI is InChI=1S/C35H73NO.C10H20O2.CH2O2/c1-5-7-9-11-14-21-27-35(28-22-15-12-10-8-6-2)29-23-16-13-18-24-30-36(32-33-37)31-25-19-17-20-26-34(3)4;1-2-3-4-5-6-7-8-9-12-10-11;2-1-3/h34-35,37H,5-33H2,1-4H3;10H,2-9H2,1H3;1H,(H,2,3). The average Bonchev–Trinajstić information content (AvgIpc) is 3.13. The third kappa shape index (κ3) is 53.2. The highest BCUT2D eigenvalue weighted by Gasteiger charge is 2.09. The van der Waals surface area contributed by atoms with E-state index < -0.39 is 0 Å². The van der Waals surface area contributed by atoms with Crippen LogP contribution in [0.5, 0.6) is 0 Å². The molecule has 0 spiro atoms. The van der Waals surface area contributed by atoms with Crippen molar-refractivity contribution in [2.45, 2.75) is 240 Å². The zero-order valence-corrected chi connectivity index (χ0v) is 36.0. The first-order chi connectivity index (χ1) is 25.5. The second-order valence-electron chi connectivity index (χ2n) is 15.9. The number of aliphatic hydroxyl groups is 1. The van der Waals surface area contributed by atoms with Crippen LogP contribution in [0.25, 0.3) is 0 Å². The van der Waals surface area contributed by atoms with Crippen LogP contribution in [-0.4, -0.2) is 60.9 Å². The normalized spacial score (nSPS) is 11.0. The molecule has 314 valence electrons. The molecular weight excluding hydrogens is 647 g/mol. The molecule has 52 heavy (non-hydrogen) atoms. The Kier molecular flexibility index (Phi) is 55.2. The maximum atomic E-state index is 9.76. The molecule has 0 saturated heterocycles. The van der Waals surface area contributed by atoms with E-state index in [1.165, 1.54) is 212 Å². The van der Waals surface area contributed by atoms with Gasteiger partial charge < -0.3 is 19.8 Å². The molecule has 0 bridgehead atoms. The molecule has 0 saturated carbocycles. The van der Waals surface area contributed by atoms with Crippen molar-refractivity contribution in [1.29, 1.82) is 0 Å². The number of ether oxygens (including phenoxy) is 1. The van der Waals surface area contributed by atoms with Crippen molar-refractivity contribution < 1.29 is 24.5 Å². The number of hydrogen-bond acceptors (Lipinski definition) is 5. The molecule has 0 aliphatic heterocycles. The summed E-state index contributed by atoms with van der Waals surface area (Å²) in [5, 5.41) is 16.3. The molecule has 6 nitrogen and oxygen atoms in total. The fourth-order valence-electron chi connectivity index (χ4n) is 7.07. The lowest BCUT2D eigenvalue weighted by atomic mass is 9.89. The fraction of sp³-hybridized carbons (Fsp3) is 0.957. The average molecular weight is 742 g/mol. The lowest BCUT2D eigenvalue weighted by Gasteiger charge is -2.21. The highest BCUT2D eigenvalue weighted by atomic mass is 16.5. The maximum absolute atomic E-state index is 9.76. The van der Waals surface area contributed by atoms with Gasteiger partial charge in [0.2, 0.25) is 0 Å². The van der Waals surface area contributed by atoms with Gasteiger partial charge >= 0.3 is 0 Å². The van der Waals surface area contributed by atoms with E-state index in [1.807, 2.05) is 0 Å². The Morgan fingerprint density at radius 1 is 0.481 bits per heavy atom. The molecule has 0 unspecified atom stereocenters. The van der Waals surface area contributed by atoms with E-state index >= 15 is 0 Å². The summed E-state index contributed by atoms with van der Waals surface area (Å²) in [7, 11) is 0. The van der Waals surface area contributed by atoms with Crippen molar-refractivity contribution >= 4 is 12.9 Å². The summed E-state index contributed by atoms with van der Waals surface area (Å²) in [5.41, 5.74) is 0. The number of carbonyl (C=O) groups excluding carboxylic acids is 1. The SMILES string of the molecule is CCCCCCCCC(CCCCCCCC)CCCCCCCN(CCO)CCCCCCC(C)C.CCCCCCCCCOC=O.O=CO. The Hall–Kier alpha value is -1.14. The molecule has 0 rings (SSSR count). The minimum Gasteiger partial charge on any atom is -0.483 e. The van der Waals surface area contributed by atoms with Crippen molar-refractivity contribution in [3.05, 3.63) is 0 Å². The Balaban J connectivity index is -0.00000133. The first kappa shape index (κ1) is 55.2. The summed E-state index contributed by atoms with van der Waals surface area (Å²) < 4.78 is 4.58. The molecule has 0 aliphatic carbocycles. The smallest absolute Gasteiger partial charge is 0.293 e. The summed E-state index contributed by atoms with van der Waals surface area (Å²) in [6, 6.07) is 0. The van der Waals surface area contributed by atoms with Gasteiger partial charge in [-0.25, -0.2) is 0 Å². The lowest BCUT2D eigenvalue weighted by Crippen LogP contribution is -2.29. The maximum Gasteiger partial charge on any atom is 0.293 e. The van der Waals surface area contributed by atoms with Gasteiger partial charge in [0, 0.05) is 6.54 Å². The van der Waals surface area contributed by atoms with Crippen molar-refractivity contribution in [3.8, 4) is 0 Å². The van der Waals surface area contributed by atoms with Crippen molar-refractivity contribution in [1.82, 2.24) is 4.90 Å². The molecule has 0 amide bonds. The van der Waals surface area contributed by atoms with Crippen LogP contribution in [-0.2, 0) is 14.3 Å².